The van der Waals surface area contributed by atoms with Crippen LogP contribution in [0.5, 0.6) is 0 Å². The number of unbranched alkanes of at least 4 members (excludes halogenated alkanes) is 1. The average Bonchev–Trinajstić information content (AvgIpc) is 3.15. The summed E-state index contributed by atoms with van der Waals surface area (Å²) >= 11 is 5.23. The normalized spacial score (nSPS) is 10.9. The molecule has 0 aliphatic rings. The number of ether oxygens (including phenoxy) is 1. The molecule has 0 aliphatic heterocycles. The Kier molecular flexibility index (Phi) is 7.91. The number of carbonyl (C=O) groups is 1. The fourth-order valence-corrected chi connectivity index (χ4v) is 3.51. The van der Waals surface area contributed by atoms with Gasteiger partial charge in [-0.25, -0.2) is 9.97 Å². The molecule has 0 bridgehead atoms. The number of nitrogen functional groups attached to an aromatic ring is 1. The molecule has 0 saturated heterocycles. The van der Waals surface area contributed by atoms with Crippen LogP contribution in [0.1, 0.15) is 41.5 Å². The number of nitrogens with zero attached hydrogens (tertiary/aromatic N) is 3. The maximum absolute atomic E-state index is 12.1. The van der Waals surface area contributed by atoms with Crippen molar-refractivity contribution >= 4 is 40.1 Å². The van der Waals surface area contributed by atoms with Crippen molar-refractivity contribution < 1.29 is 9.53 Å². The number of carbonyl (C=O) groups excluding carboxylic acids is 1. The Morgan fingerprint density at radius 1 is 1.26 bits per heavy atom. The zero-order valence-corrected chi connectivity index (χ0v) is 18.7. The molecule has 0 saturated carbocycles. The van der Waals surface area contributed by atoms with Crippen LogP contribution in [0.25, 0.3) is 11.0 Å². The van der Waals surface area contributed by atoms with Gasteiger partial charge < -0.3 is 20.4 Å². The highest BCUT2D eigenvalue weighted by molar-refractivity contribution is 7.80. The molecule has 0 atom stereocenters. The van der Waals surface area contributed by atoms with Crippen molar-refractivity contribution in [1.29, 1.82) is 0 Å². The SMILES string of the molecule is CCOCc1nc2c(N)ncc(C)c2n1CCCCNC(=S)NC(=O)c1ccccc1. The molecule has 0 fully saturated rings. The summed E-state index contributed by atoms with van der Waals surface area (Å²) < 4.78 is 7.75. The number of nitrogens with one attached hydrogen (secondary N) is 2. The fourth-order valence-electron chi connectivity index (χ4n) is 3.32. The molecule has 1 amide bonds. The van der Waals surface area contributed by atoms with Crippen molar-refractivity contribution in [2.45, 2.75) is 39.8 Å². The number of anilines is 1. The Labute approximate surface area is 187 Å². The number of hydrogen-bond donors (Lipinski definition) is 3. The van der Waals surface area contributed by atoms with Crippen LogP contribution in [0, 0.1) is 6.92 Å². The zero-order valence-electron chi connectivity index (χ0n) is 17.9. The van der Waals surface area contributed by atoms with Crippen LogP contribution in [-0.4, -0.2) is 38.7 Å². The molecule has 31 heavy (non-hydrogen) atoms. The number of thiocarbonyl (C=S) groups is 1. The second-order valence-electron chi connectivity index (χ2n) is 7.12. The first-order valence-corrected chi connectivity index (χ1v) is 10.7. The van der Waals surface area contributed by atoms with Crippen molar-refractivity contribution in [2.75, 3.05) is 18.9 Å². The second kappa shape index (κ2) is 10.8. The van der Waals surface area contributed by atoms with Crippen LogP contribution >= 0.6 is 12.2 Å². The third-order valence-corrected chi connectivity index (χ3v) is 5.10. The van der Waals surface area contributed by atoms with Crippen molar-refractivity contribution in [3.8, 4) is 0 Å². The van der Waals surface area contributed by atoms with E-state index in [1.165, 1.54) is 0 Å². The number of fused-ring (bicyclic) bond motifs is 1. The highest BCUT2D eigenvalue weighted by atomic mass is 32.1. The summed E-state index contributed by atoms with van der Waals surface area (Å²) in [7, 11) is 0. The standard InChI is InChI=1S/C22H28N6O2S/c1-3-30-14-17-26-18-19(15(2)13-25-20(18)23)28(17)12-8-7-11-24-22(31)27-21(29)16-9-5-4-6-10-16/h4-6,9-10,13H,3,7-8,11-12,14H2,1-2H3,(H2,23,25)(H2,24,27,29,31). The van der Waals surface area contributed by atoms with Gasteiger partial charge in [0.05, 0.1) is 5.52 Å². The monoisotopic (exact) mass is 440 g/mol. The molecule has 3 rings (SSSR count). The van der Waals surface area contributed by atoms with Gasteiger partial charge in [-0.3, -0.25) is 10.1 Å². The maximum atomic E-state index is 12.1. The first kappa shape index (κ1) is 22.6. The number of benzene rings is 1. The molecule has 8 nitrogen and oxygen atoms in total. The topological polar surface area (TPSA) is 107 Å². The predicted molar refractivity (Wildman–Crippen MR) is 126 cm³/mol. The van der Waals surface area contributed by atoms with Crippen LogP contribution < -0.4 is 16.4 Å². The van der Waals surface area contributed by atoms with E-state index in [1.54, 1.807) is 18.3 Å². The Hall–Kier alpha value is -3.04. The summed E-state index contributed by atoms with van der Waals surface area (Å²) in [4.78, 5) is 21.0. The van der Waals surface area contributed by atoms with Gasteiger partial charge in [-0.05, 0) is 56.6 Å². The number of imidazole rings is 1. The lowest BCUT2D eigenvalue weighted by atomic mass is 10.2. The molecular formula is C22H28N6O2S. The van der Waals surface area contributed by atoms with Gasteiger partial charge in [0.15, 0.2) is 10.9 Å². The van der Waals surface area contributed by atoms with Crippen molar-refractivity contribution in [3.63, 3.8) is 0 Å². The lowest BCUT2D eigenvalue weighted by Crippen LogP contribution is -2.39. The van der Waals surface area contributed by atoms with Crippen LogP contribution in [0.4, 0.5) is 5.82 Å². The van der Waals surface area contributed by atoms with Gasteiger partial charge in [0, 0.05) is 31.5 Å². The third kappa shape index (κ3) is 5.77. The van der Waals surface area contributed by atoms with E-state index >= 15 is 0 Å². The van der Waals surface area contributed by atoms with Crippen LogP contribution in [-0.2, 0) is 17.9 Å². The Morgan fingerprint density at radius 2 is 2.03 bits per heavy atom. The van der Waals surface area contributed by atoms with E-state index in [1.807, 2.05) is 32.0 Å². The fraction of sp³-hybridized carbons (Fsp3) is 0.364. The molecule has 3 aromatic rings. The predicted octanol–water partition coefficient (Wildman–Crippen LogP) is 2.94. The number of pyridine rings is 1. The Bertz CT molecular complexity index is 1050. The van der Waals surface area contributed by atoms with E-state index in [-0.39, 0.29) is 5.91 Å². The summed E-state index contributed by atoms with van der Waals surface area (Å²) in [6.07, 6.45) is 3.54. The Morgan fingerprint density at radius 3 is 2.77 bits per heavy atom. The highest BCUT2D eigenvalue weighted by Crippen LogP contribution is 2.24. The molecule has 0 unspecified atom stereocenters. The van der Waals surface area contributed by atoms with E-state index in [9.17, 15) is 4.79 Å². The minimum Gasteiger partial charge on any atom is -0.382 e. The second-order valence-corrected chi connectivity index (χ2v) is 7.53. The van der Waals surface area contributed by atoms with Gasteiger partial charge >= 0.3 is 0 Å². The van der Waals surface area contributed by atoms with E-state index in [4.69, 9.17) is 22.7 Å². The smallest absolute Gasteiger partial charge is 0.257 e. The van der Waals surface area contributed by atoms with E-state index in [0.29, 0.717) is 36.3 Å². The molecule has 2 aromatic heterocycles. The van der Waals surface area contributed by atoms with Gasteiger partial charge in [-0.2, -0.15) is 0 Å². The number of amides is 1. The van der Waals surface area contributed by atoms with Gasteiger partial charge in [-0.15, -0.1) is 0 Å². The van der Waals surface area contributed by atoms with Gasteiger partial charge in [-0.1, -0.05) is 18.2 Å². The maximum Gasteiger partial charge on any atom is 0.257 e. The van der Waals surface area contributed by atoms with Gasteiger partial charge in [0.25, 0.3) is 5.91 Å². The first-order chi connectivity index (χ1) is 15.0. The zero-order chi connectivity index (χ0) is 22.2. The lowest BCUT2D eigenvalue weighted by molar-refractivity contribution is 0.0976. The molecule has 2 heterocycles. The first-order valence-electron chi connectivity index (χ1n) is 10.3. The van der Waals surface area contributed by atoms with Crippen LogP contribution in [0.3, 0.4) is 0 Å². The van der Waals surface area contributed by atoms with Crippen molar-refractivity contribution in [1.82, 2.24) is 25.2 Å². The average molecular weight is 441 g/mol. The van der Waals surface area contributed by atoms with E-state index < -0.39 is 0 Å². The largest absolute Gasteiger partial charge is 0.382 e. The molecule has 4 N–H and O–H groups in total. The third-order valence-electron chi connectivity index (χ3n) is 4.85. The van der Waals surface area contributed by atoms with Crippen molar-refractivity contribution in [3.05, 3.63) is 53.5 Å². The molecular weight excluding hydrogens is 412 g/mol. The summed E-state index contributed by atoms with van der Waals surface area (Å²) in [5, 5.41) is 6.12. The van der Waals surface area contributed by atoms with Crippen molar-refractivity contribution in [2.24, 2.45) is 0 Å². The number of aryl methyl sites for hydroxylation is 2. The molecule has 1 aromatic carbocycles. The molecule has 0 radical (unpaired) electrons. The number of nitrogens with two attached hydrogens (primary N) is 1. The van der Waals surface area contributed by atoms with Crippen LogP contribution in [0.2, 0.25) is 0 Å². The number of aromatic nitrogens is 3. The summed E-state index contributed by atoms with van der Waals surface area (Å²) in [6.45, 7) is 6.44. The van der Waals surface area contributed by atoms with Gasteiger partial charge in [0.1, 0.15) is 17.9 Å². The van der Waals surface area contributed by atoms with E-state index in [0.717, 1.165) is 41.8 Å². The Balaban J connectivity index is 1.54. The molecule has 0 aliphatic carbocycles. The molecule has 0 spiro atoms. The molecule has 164 valence electrons. The highest BCUT2D eigenvalue weighted by Gasteiger charge is 2.15. The summed E-state index contributed by atoms with van der Waals surface area (Å²) in [5.74, 6) is 1.06. The quantitative estimate of drug-likeness (QED) is 0.347. The van der Waals surface area contributed by atoms with Gasteiger partial charge in [0.2, 0.25) is 0 Å². The number of hydrogen-bond acceptors (Lipinski definition) is 6. The minimum absolute atomic E-state index is 0.217. The summed E-state index contributed by atoms with van der Waals surface area (Å²) in [5.41, 5.74) is 9.37. The van der Waals surface area contributed by atoms with Crippen LogP contribution in [0.15, 0.2) is 36.5 Å². The number of rotatable bonds is 9. The summed E-state index contributed by atoms with van der Waals surface area (Å²) in [6, 6.07) is 8.99. The lowest BCUT2D eigenvalue weighted by Gasteiger charge is -2.12. The molecule has 9 heteroatoms. The van der Waals surface area contributed by atoms with E-state index in [2.05, 4.69) is 25.2 Å². The minimum atomic E-state index is -0.217.